The van der Waals surface area contributed by atoms with Gasteiger partial charge < -0.3 is 15.2 Å². The predicted molar refractivity (Wildman–Crippen MR) is 119 cm³/mol. The van der Waals surface area contributed by atoms with Crippen LogP contribution in [-0.2, 0) is 9.59 Å². The molecule has 3 N–H and O–H groups in total. The quantitative estimate of drug-likeness (QED) is 0.494. The average molecular weight is 435 g/mol. The highest BCUT2D eigenvalue weighted by atomic mass is 16.5. The van der Waals surface area contributed by atoms with Gasteiger partial charge in [0, 0.05) is 12.8 Å². The van der Waals surface area contributed by atoms with Crippen LogP contribution in [0.2, 0.25) is 0 Å². The third-order valence-electron chi connectivity index (χ3n) is 5.44. The minimum atomic E-state index is -0.924. The largest absolute Gasteiger partial charge is 0.497 e. The fourth-order valence-electron chi connectivity index (χ4n) is 3.83. The van der Waals surface area contributed by atoms with E-state index in [1.165, 1.54) is 0 Å². The number of fused-ring (bicyclic) bond motifs is 1. The standard InChI is InChI=1S/C23H25N5O4/c1-32-17-12-10-16(11-13-17)19-14-18(15-6-3-2-4-7-15)24-23-26-22(27-28(19)23)25-20(29)8-5-9-21(30)31/h2-4,6-7,10-13,18-19H,5,8-9,14H2,1H3,(H,30,31)(H2,24,25,26,27,29). The molecule has 1 aliphatic heterocycles. The van der Waals surface area contributed by atoms with Gasteiger partial charge in [-0.25, -0.2) is 4.68 Å². The number of aliphatic carboxylic acids is 1. The van der Waals surface area contributed by atoms with Crippen molar-refractivity contribution in [3.8, 4) is 5.75 Å². The molecule has 3 aromatic rings. The molecule has 4 rings (SSSR count). The van der Waals surface area contributed by atoms with Gasteiger partial charge in [0.25, 0.3) is 5.95 Å². The van der Waals surface area contributed by atoms with Gasteiger partial charge in [-0.15, -0.1) is 5.10 Å². The summed E-state index contributed by atoms with van der Waals surface area (Å²) >= 11 is 0. The number of nitrogens with zero attached hydrogens (tertiary/aromatic N) is 3. The van der Waals surface area contributed by atoms with E-state index in [4.69, 9.17) is 9.84 Å². The third-order valence-corrected chi connectivity index (χ3v) is 5.44. The van der Waals surface area contributed by atoms with Crippen molar-refractivity contribution < 1.29 is 19.4 Å². The summed E-state index contributed by atoms with van der Waals surface area (Å²) < 4.78 is 7.07. The molecule has 0 aliphatic carbocycles. The highest BCUT2D eigenvalue weighted by Crippen LogP contribution is 2.38. The van der Waals surface area contributed by atoms with Crippen LogP contribution in [0.25, 0.3) is 0 Å². The number of anilines is 2. The molecule has 0 radical (unpaired) electrons. The number of hydrogen-bond acceptors (Lipinski definition) is 6. The third kappa shape index (κ3) is 4.88. The zero-order valence-corrected chi connectivity index (χ0v) is 17.7. The number of amides is 1. The molecule has 0 bridgehead atoms. The van der Waals surface area contributed by atoms with Crippen molar-refractivity contribution in [1.82, 2.24) is 14.8 Å². The lowest BCUT2D eigenvalue weighted by atomic mass is 9.93. The molecule has 1 aromatic heterocycles. The number of methoxy groups -OCH3 is 1. The second-order valence-corrected chi connectivity index (χ2v) is 7.63. The molecule has 0 spiro atoms. The molecule has 2 atom stereocenters. The summed E-state index contributed by atoms with van der Waals surface area (Å²) in [4.78, 5) is 27.3. The van der Waals surface area contributed by atoms with Crippen molar-refractivity contribution in [3.63, 3.8) is 0 Å². The van der Waals surface area contributed by atoms with Gasteiger partial charge in [-0.05, 0) is 36.1 Å². The van der Waals surface area contributed by atoms with E-state index in [9.17, 15) is 9.59 Å². The van der Waals surface area contributed by atoms with Crippen molar-refractivity contribution in [2.24, 2.45) is 0 Å². The Balaban J connectivity index is 1.59. The normalized spacial score (nSPS) is 17.2. The van der Waals surface area contributed by atoms with E-state index in [-0.39, 0.29) is 43.2 Å². The molecule has 166 valence electrons. The Bertz CT molecular complexity index is 1080. The molecule has 2 aromatic carbocycles. The number of nitrogens with one attached hydrogen (secondary N) is 2. The molecule has 0 saturated carbocycles. The van der Waals surface area contributed by atoms with Crippen LogP contribution in [0, 0.1) is 0 Å². The summed E-state index contributed by atoms with van der Waals surface area (Å²) in [6.45, 7) is 0. The van der Waals surface area contributed by atoms with Crippen molar-refractivity contribution in [3.05, 3.63) is 65.7 Å². The number of rotatable bonds is 8. The Labute approximate surface area is 185 Å². The predicted octanol–water partition coefficient (Wildman–Crippen LogP) is 3.63. The van der Waals surface area contributed by atoms with Gasteiger partial charge in [-0.2, -0.15) is 4.98 Å². The summed E-state index contributed by atoms with van der Waals surface area (Å²) in [6.07, 6.45) is 1.05. The monoisotopic (exact) mass is 435 g/mol. The number of carboxylic acids is 1. The molecule has 9 heteroatoms. The number of carbonyl (C=O) groups excluding carboxylic acids is 1. The first-order valence-corrected chi connectivity index (χ1v) is 10.5. The van der Waals surface area contributed by atoms with E-state index in [1.54, 1.807) is 11.8 Å². The van der Waals surface area contributed by atoms with Gasteiger partial charge >= 0.3 is 5.97 Å². The summed E-state index contributed by atoms with van der Waals surface area (Å²) in [6, 6.07) is 17.9. The van der Waals surface area contributed by atoms with Gasteiger partial charge in [0.15, 0.2) is 0 Å². The Morgan fingerprint density at radius 3 is 2.56 bits per heavy atom. The van der Waals surface area contributed by atoms with Crippen molar-refractivity contribution >= 4 is 23.8 Å². The highest BCUT2D eigenvalue weighted by Gasteiger charge is 2.31. The first-order valence-electron chi connectivity index (χ1n) is 10.5. The summed E-state index contributed by atoms with van der Waals surface area (Å²) in [7, 11) is 1.63. The van der Waals surface area contributed by atoms with E-state index >= 15 is 0 Å². The maximum absolute atomic E-state index is 12.2. The number of hydrogen-bond donors (Lipinski definition) is 3. The molecule has 1 amide bonds. The van der Waals surface area contributed by atoms with E-state index in [0.29, 0.717) is 5.95 Å². The smallest absolute Gasteiger partial charge is 0.303 e. The highest BCUT2D eigenvalue weighted by molar-refractivity contribution is 5.89. The van der Waals surface area contributed by atoms with Crippen LogP contribution in [0.15, 0.2) is 54.6 Å². The number of carbonyl (C=O) groups is 2. The summed E-state index contributed by atoms with van der Waals surface area (Å²) in [5.74, 6) is 0.295. The van der Waals surface area contributed by atoms with Crippen LogP contribution in [-0.4, -0.2) is 38.9 Å². The molecule has 0 fully saturated rings. The lowest BCUT2D eigenvalue weighted by Crippen LogP contribution is -2.28. The molecular formula is C23H25N5O4. The van der Waals surface area contributed by atoms with Crippen LogP contribution in [0.1, 0.15) is 48.9 Å². The Kier molecular flexibility index (Phi) is 6.34. The van der Waals surface area contributed by atoms with Crippen LogP contribution >= 0.6 is 0 Å². The molecule has 2 unspecified atom stereocenters. The SMILES string of the molecule is COc1ccc(C2CC(c3ccccc3)Nc3nc(NC(=O)CCCC(=O)O)nn32)cc1. The van der Waals surface area contributed by atoms with Crippen LogP contribution < -0.4 is 15.4 Å². The Hall–Kier alpha value is -3.88. The second-order valence-electron chi connectivity index (χ2n) is 7.63. The minimum absolute atomic E-state index is 0.0270. The van der Waals surface area contributed by atoms with Crippen molar-refractivity contribution in [2.45, 2.75) is 37.8 Å². The fraction of sp³-hybridized carbons (Fsp3) is 0.304. The maximum Gasteiger partial charge on any atom is 0.303 e. The van der Waals surface area contributed by atoms with Crippen molar-refractivity contribution in [1.29, 1.82) is 0 Å². The maximum atomic E-state index is 12.2. The number of carboxylic acid groups (broad SMARTS) is 1. The fourth-order valence-corrected chi connectivity index (χ4v) is 3.83. The summed E-state index contributed by atoms with van der Waals surface area (Å²) in [5, 5.41) is 19.4. The number of aromatic nitrogens is 3. The Morgan fingerprint density at radius 1 is 1.12 bits per heavy atom. The van der Waals surface area contributed by atoms with E-state index in [2.05, 4.69) is 32.8 Å². The van der Waals surface area contributed by atoms with Gasteiger partial charge in [-0.3, -0.25) is 14.9 Å². The van der Waals surface area contributed by atoms with E-state index in [1.807, 2.05) is 42.5 Å². The Morgan fingerprint density at radius 2 is 1.88 bits per heavy atom. The van der Waals surface area contributed by atoms with E-state index < -0.39 is 5.97 Å². The molecule has 2 heterocycles. The van der Waals surface area contributed by atoms with E-state index in [0.717, 1.165) is 23.3 Å². The molecule has 9 nitrogen and oxygen atoms in total. The molecule has 1 aliphatic rings. The minimum Gasteiger partial charge on any atom is -0.497 e. The lowest BCUT2D eigenvalue weighted by Gasteiger charge is -2.31. The molecule has 0 saturated heterocycles. The van der Waals surface area contributed by atoms with Gasteiger partial charge in [0.05, 0.1) is 19.2 Å². The number of ether oxygens (including phenoxy) is 1. The topological polar surface area (TPSA) is 118 Å². The zero-order chi connectivity index (χ0) is 22.5. The second kappa shape index (κ2) is 9.51. The zero-order valence-electron chi connectivity index (χ0n) is 17.7. The molecular weight excluding hydrogens is 410 g/mol. The van der Waals surface area contributed by atoms with Gasteiger partial charge in [0.1, 0.15) is 5.75 Å². The van der Waals surface area contributed by atoms with Crippen molar-refractivity contribution in [2.75, 3.05) is 17.7 Å². The van der Waals surface area contributed by atoms with Gasteiger partial charge in [0.2, 0.25) is 11.9 Å². The first kappa shape index (κ1) is 21.4. The van der Waals surface area contributed by atoms with Crippen LogP contribution in [0.4, 0.5) is 11.9 Å². The summed E-state index contributed by atoms with van der Waals surface area (Å²) in [5.41, 5.74) is 2.19. The van der Waals surface area contributed by atoms with Crippen LogP contribution in [0.3, 0.4) is 0 Å². The molecule has 32 heavy (non-hydrogen) atoms. The number of benzene rings is 2. The van der Waals surface area contributed by atoms with Crippen LogP contribution in [0.5, 0.6) is 5.75 Å². The lowest BCUT2D eigenvalue weighted by molar-refractivity contribution is -0.137. The average Bonchev–Trinajstić information content (AvgIpc) is 3.21. The van der Waals surface area contributed by atoms with Gasteiger partial charge in [-0.1, -0.05) is 42.5 Å². The first-order chi connectivity index (χ1) is 15.5.